The van der Waals surface area contributed by atoms with Crippen LogP contribution in [0.3, 0.4) is 0 Å². The number of aryl methyl sites for hydroxylation is 1. The summed E-state index contributed by atoms with van der Waals surface area (Å²) in [5, 5.41) is 0. The number of allylic oxidation sites excluding steroid dienone is 1. The maximum absolute atomic E-state index is 13.8. The average molecular weight is 436 g/mol. The molecule has 0 radical (unpaired) electrons. The summed E-state index contributed by atoms with van der Waals surface area (Å²) in [6, 6.07) is 8.42. The highest BCUT2D eigenvalue weighted by Crippen LogP contribution is 2.51. The van der Waals surface area contributed by atoms with Gasteiger partial charge in [0.05, 0.1) is 0 Å². The maximum Gasteiger partial charge on any atom is 0.226 e. The third-order valence-electron chi connectivity index (χ3n) is 8.53. The summed E-state index contributed by atoms with van der Waals surface area (Å²) in [6.45, 7) is 9.51. The number of hydrogen-bond acceptors (Lipinski definition) is 2. The molecule has 32 heavy (non-hydrogen) atoms. The molecular formula is C29H41NO2. The summed E-state index contributed by atoms with van der Waals surface area (Å²) >= 11 is 0. The van der Waals surface area contributed by atoms with Crippen molar-refractivity contribution in [3.05, 3.63) is 47.5 Å². The first-order valence-electron chi connectivity index (χ1n) is 12.8. The molecule has 1 saturated heterocycles. The van der Waals surface area contributed by atoms with Crippen molar-refractivity contribution in [2.45, 2.75) is 91.5 Å². The summed E-state index contributed by atoms with van der Waals surface area (Å²) in [5.74, 6) is 1.17. The first kappa shape index (κ1) is 23.3. The molecule has 0 bridgehead atoms. The van der Waals surface area contributed by atoms with Gasteiger partial charge in [0.15, 0.2) is 5.78 Å². The van der Waals surface area contributed by atoms with Gasteiger partial charge in [-0.1, -0.05) is 76.5 Å². The molecule has 3 nitrogen and oxygen atoms in total. The predicted molar refractivity (Wildman–Crippen MR) is 131 cm³/mol. The highest BCUT2D eigenvalue weighted by atomic mass is 16.2. The number of benzene rings is 1. The molecule has 1 aromatic rings. The van der Waals surface area contributed by atoms with Gasteiger partial charge in [-0.3, -0.25) is 9.59 Å². The van der Waals surface area contributed by atoms with Crippen molar-refractivity contribution < 1.29 is 9.59 Å². The summed E-state index contributed by atoms with van der Waals surface area (Å²) in [7, 11) is 0. The average Bonchev–Trinajstić information content (AvgIpc) is 3.04. The molecule has 1 amide bonds. The van der Waals surface area contributed by atoms with E-state index in [0.29, 0.717) is 17.9 Å². The molecule has 0 N–H and O–H groups in total. The van der Waals surface area contributed by atoms with Gasteiger partial charge < -0.3 is 4.90 Å². The minimum atomic E-state index is -0.00436. The Hall–Kier alpha value is -1.90. The number of amides is 1. The lowest BCUT2D eigenvalue weighted by Gasteiger charge is -2.40. The second-order valence-corrected chi connectivity index (χ2v) is 11.7. The Bertz CT molecular complexity index is 856. The Labute approximate surface area is 194 Å². The highest BCUT2D eigenvalue weighted by molar-refractivity contribution is 5.94. The summed E-state index contributed by atoms with van der Waals surface area (Å²) in [4.78, 5) is 27.6. The first-order valence-corrected chi connectivity index (χ1v) is 12.8. The molecular weight excluding hydrogens is 394 g/mol. The zero-order chi connectivity index (χ0) is 22.9. The van der Waals surface area contributed by atoms with E-state index in [0.717, 1.165) is 31.4 Å². The van der Waals surface area contributed by atoms with Gasteiger partial charge in [0, 0.05) is 29.5 Å². The van der Waals surface area contributed by atoms with Crippen LogP contribution in [-0.4, -0.2) is 29.2 Å². The Balaban J connectivity index is 1.55. The van der Waals surface area contributed by atoms with Gasteiger partial charge in [-0.05, 0) is 62.3 Å². The van der Waals surface area contributed by atoms with Gasteiger partial charge in [0.25, 0.3) is 0 Å². The molecule has 3 aliphatic rings. The van der Waals surface area contributed by atoms with E-state index in [1.54, 1.807) is 6.92 Å². The first-order chi connectivity index (χ1) is 15.2. The van der Waals surface area contributed by atoms with Crippen LogP contribution in [0.2, 0.25) is 0 Å². The van der Waals surface area contributed by atoms with Crippen molar-refractivity contribution in [2.24, 2.45) is 22.7 Å². The van der Waals surface area contributed by atoms with Crippen LogP contribution >= 0.6 is 0 Å². The quantitative estimate of drug-likeness (QED) is 0.385. The second kappa shape index (κ2) is 9.15. The van der Waals surface area contributed by atoms with E-state index in [4.69, 9.17) is 0 Å². The van der Waals surface area contributed by atoms with Crippen molar-refractivity contribution in [1.29, 1.82) is 0 Å². The van der Waals surface area contributed by atoms with Gasteiger partial charge in [0.2, 0.25) is 5.91 Å². The monoisotopic (exact) mass is 435 g/mol. The molecule has 1 aliphatic heterocycles. The number of carbonyl (C=O) groups is 2. The number of ketones is 1. The highest BCUT2D eigenvalue weighted by Gasteiger charge is 2.52. The molecule has 3 unspecified atom stereocenters. The molecule has 3 heteroatoms. The van der Waals surface area contributed by atoms with Gasteiger partial charge in [-0.25, -0.2) is 0 Å². The Morgan fingerprint density at radius 1 is 1.06 bits per heavy atom. The zero-order valence-electron chi connectivity index (χ0n) is 20.5. The second-order valence-electron chi connectivity index (χ2n) is 11.7. The van der Waals surface area contributed by atoms with Gasteiger partial charge >= 0.3 is 0 Å². The number of Topliss-reactive ketones (excluding diaryl/α,β-unsaturated/α-hetero) is 1. The van der Waals surface area contributed by atoms with Crippen molar-refractivity contribution in [2.75, 3.05) is 6.54 Å². The van der Waals surface area contributed by atoms with Gasteiger partial charge in [0.1, 0.15) is 0 Å². The Morgan fingerprint density at radius 2 is 1.75 bits per heavy atom. The van der Waals surface area contributed by atoms with Crippen LogP contribution < -0.4 is 0 Å². The number of nitrogens with zero attached hydrogens (tertiary/aromatic N) is 1. The third kappa shape index (κ3) is 4.72. The molecule has 174 valence electrons. The molecule has 1 heterocycles. The predicted octanol–water partition coefficient (Wildman–Crippen LogP) is 6.61. The molecule has 1 spiro atoms. The fraction of sp³-hybridized carbons (Fsp3) is 0.655. The van der Waals surface area contributed by atoms with Crippen LogP contribution in [0, 0.1) is 22.7 Å². The Kier molecular flexibility index (Phi) is 6.66. The molecule has 2 fully saturated rings. The number of hydrogen-bond donors (Lipinski definition) is 0. The van der Waals surface area contributed by atoms with Crippen molar-refractivity contribution in [3.63, 3.8) is 0 Å². The molecule has 4 rings (SSSR count). The SMILES string of the molecule is CC(=O)c1ccc(CCC2C(=O)N(C3CCCCC3)CC23C=CC(C(C)(C)C)CC3)cc1. The summed E-state index contributed by atoms with van der Waals surface area (Å²) in [6.07, 6.45) is 15.2. The Morgan fingerprint density at radius 3 is 2.31 bits per heavy atom. The van der Waals surface area contributed by atoms with E-state index < -0.39 is 0 Å². The maximum atomic E-state index is 13.8. The van der Waals surface area contributed by atoms with Crippen LogP contribution in [0.4, 0.5) is 0 Å². The van der Waals surface area contributed by atoms with Gasteiger partial charge in [-0.15, -0.1) is 0 Å². The molecule has 3 atom stereocenters. The lowest BCUT2D eigenvalue weighted by molar-refractivity contribution is -0.134. The van der Waals surface area contributed by atoms with Crippen molar-refractivity contribution in [1.82, 2.24) is 4.90 Å². The van der Waals surface area contributed by atoms with Crippen LogP contribution in [0.15, 0.2) is 36.4 Å². The van der Waals surface area contributed by atoms with Crippen molar-refractivity contribution >= 4 is 11.7 Å². The third-order valence-corrected chi connectivity index (χ3v) is 8.53. The van der Waals surface area contributed by atoms with Crippen LogP contribution in [0.1, 0.15) is 95.0 Å². The number of rotatable bonds is 5. The summed E-state index contributed by atoms with van der Waals surface area (Å²) in [5.41, 5.74) is 2.25. The van der Waals surface area contributed by atoms with E-state index in [1.165, 1.54) is 44.1 Å². The normalized spacial score (nSPS) is 29.1. The van der Waals surface area contributed by atoms with E-state index in [1.807, 2.05) is 12.1 Å². The van der Waals surface area contributed by atoms with E-state index in [-0.39, 0.29) is 22.5 Å². The largest absolute Gasteiger partial charge is 0.339 e. The van der Waals surface area contributed by atoms with Gasteiger partial charge in [-0.2, -0.15) is 0 Å². The topological polar surface area (TPSA) is 37.4 Å². The molecule has 2 aliphatic carbocycles. The van der Waals surface area contributed by atoms with Crippen LogP contribution in [0.5, 0.6) is 0 Å². The van der Waals surface area contributed by atoms with E-state index in [9.17, 15) is 9.59 Å². The lowest BCUT2D eigenvalue weighted by atomic mass is 9.64. The van der Waals surface area contributed by atoms with Crippen molar-refractivity contribution in [3.8, 4) is 0 Å². The van der Waals surface area contributed by atoms with Crippen LogP contribution in [0.25, 0.3) is 0 Å². The standard InChI is InChI=1S/C29H41NO2/c1-21(31)23-13-10-22(11-14-23)12-15-26-27(32)30(25-8-6-5-7-9-25)20-29(26)18-16-24(17-19-29)28(2,3)4/h10-11,13-14,16,18,24-26H,5-9,12,15,17,19-20H2,1-4H3. The minimum absolute atomic E-state index is 0.00436. The van der Waals surface area contributed by atoms with Crippen LogP contribution in [-0.2, 0) is 11.2 Å². The number of carbonyl (C=O) groups excluding carboxylic acids is 2. The lowest BCUT2D eigenvalue weighted by Crippen LogP contribution is -2.39. The summed E-state index contributed by atoms with van der Waals surface area (Å²) < 4.78 is 0. The zero-order valence-corrected chi connectivity index (χ0v) is 20.5. The minimum Gasteiger partial charge on any atom is -0.339 e. The molecule has 1 aromatic carbocycles. The van der Waals surface area contributed by atoms with E-state index >= 15 is 0 Å². The number of likely N-dealkylation sites (tertiary alicyclic amines) is 1. The molecule has 1 saturated carbocycles. The van der Waals surface area contributed by atoms with E-state index in [2.05, 4.69) is 50.0 Å². The fourth-order valence-electron chi connectivity index (χ4n) is 6.34. The fourth-order valence-corrected chi connectivity index (χ4v) is 6.34. The molecule has 0 aromatic heterocycles. The smallest absolute Gasteiger partial charge is 0.226 e.